The number of halogens is 1. The predicted octanol–water partition coefficient (Wildman–Crippen LogP) is 3.69. The number of pyridine rings is 1. The van der Waals surface area contributed by atoms with Gasteiger partial charge in [-0.2, -0.15) is 0 Å². The first-order valence-corrected chi connectivity index (χ1v) is 11.4. The van der Waals surface area contributed by atoms with Crippen LogP contribution < -0.4 is 16.2 Å². The molecule has 2 heterocycles. The van der Waals surface area contributed by atoms with E-state index in [9.17, 15) is 14.0 Å². The molecule has 3 aromatic rings. The van der Waals surface area contributed by atoms with Crippen molar-refractivity contribution < 1.29 is 9.18 Å². The third kappa shape index (κ3) is 6.09. The minimum absolute atomic E-state index is 0.0119. The normalized spacial score (nSPS) is 15.6. The van der Waals surface area contributed by atoms with Crippen molar-refractivity contribution in [2.45, 2.75) is 19.5 Å². The second-order valence-electron chi connectivity index (χ2n) is 8.78. The molecule has 0 bridgehead atoms. The fourth-order valence-corrected chi connectivity index (χ4v) is 3.98. The minimum Gasteiger partial charge on any atom is -0.377 e. The lowest BCUT2D eigenvalue weighted by Crippen LogP contribution is -2.43. The molecule has 1 aliphatic rings. The first-order valence-electron chi connectivity index (χ1n) is 11.4. The topological polar surface area (TPSA) is 80.5 Å². The van der Waals surface area contributed by atoms with E-state index < -0.39 is 11.5 Å². The molecular weight excluding hydrogens is 433 g/mol. The molecule has 1 fully saturated rings. The zero-order valence-corrected chi connectivity index (χ0v) is 19.5. The molecule has 1 aliphatic heterocycles. The van der Waals surface area contributed by atoms with Gasteiger partial charge < -0.3 is 20.5 Å². The summed E-state index contributed by atoms with van der Waals surface area (Å²) in [4.78, 5) is 32.5. The lowest BCUT2D eigenvalue weighted by molar-refractivity contribution is 0.102. The van der Waals surface area contributed by atoms with Crippen molar-refractivity contribution in [2.24, 2.45) is 0 Å². The first-order chi connectivity index (χ1) is 16.4. The van der Waals surface area contributed by atoms with Crippen LogP contribution in [0.1, 0.15) is 34.5 Å². The number of H-pyrrole nitrogens is 1. The zero-order valence-electron chi connectivity index (χ0n) is 19.5. The molecule has 0 unspecified atom stereocenters. The van der Waals surface area contributed by atoms with Gasteiger partial charge in [-0.3, -0.25) is 14.5 Å². The SMILES string of the molecule is C[C@@H](Nc1c[nH]c(=O)c(C(=O)Nc2ccc(CN3CCN(C)CC3)cc2)c1)c1ccc(F)cc1. The standard InChI is InChI=1S/C26H30FN5O2/c1-18(20-5-7-21(27)8-6-20)29-23-15-24(25(33)28-16-23)26(34)30-22-9-3-19(4-10-22)17-32-13-11-31(2)12-14-32/h3-10,15-16,18,29H,11-14,17H2,1-2H3,(H,28,33)(H,30,34)/t18-/m1/s1. The van der Waals surface area contributed by atoms with Crippen LogP contribution in [0.5, 0.6) is 0 Å². The van der Waals surface area contributed by atoms with Crippen LogP contribution in [0.3, 0.4) is 0 Å². The molecule has 0 aliphatic carbocycles. The average Bonchev–Trinajstić information content (AvgIpc) is 2.83. The van der Waals surface area contributed by atoms with E-state index in [0.29, 0.717) is 11.4 Å². The van der Waals surface area contributed by atoms with Gasteiger partial charge in [-0.1, -0.05) is 24.3 Å². The lowest BCUT2D eigenvalue weighted by Gasteiger charge is -2.32. The second-order valence-corrected chi connectivity index (χ2v) is 8.78. The van der Waals surface area contributed by atoms with E-state index >= 15 is 0 Å². The third-order valence-electron chi connectivity index (χ3n) is 6.11. The minimum atomic E-state index is -0.480. The van der Waals surface area contributed by atoms with E-state index in [1.165, 1.54) is 30.0 Å². The van der Waals surface area contributed by atoms with Gasteiger partial charge in [-0.15, -0.1) is 0 Å². The smallest absolute Gasteiger partial charge is 0.261 e. The second kappa shape index (κ2) is 10.6. The van der Waals surface area contributed by atoms with Crippen molar-refractivity contribution in [3.8, 4) is 0 Å². The number of rotatable bonds is 7. The Labute approximate surface area is 198 Å². The van der Waals surface area contributed by atoms with E-state index in [4.69, 9.17) is 0 Å². The monoisotopic (exact) mass is 463 g/mol. The quantitative estimate of drug-likeness (QED) is 0.498. The summed E-state index contributed by atoms with van der Waals surface area (Å²) in [7, 11) is 2.14. The molecule has 4 rings (SSSR count). The highest BCUT2D eigenvalue weighted by Crippen LogP contribution is 2.20. The molecule has 1 aromatic heterocycles. The van der Waals surface area contributed by atoms with Crippen molar-refractivity contribution in [1.82, 2.24) is 14.8 Å². The molecule has 7 nitrogen and oxygen atoms in total. The fourth-order valence-electron chi connectivity index (χ4n) is 3.98. The first kappa shape index (κ1) is 23.7. The van der Waals surface area contributed by atoms with Crippen LogP contribution in [0.2, 0.25) is 0 Å². The summed E-state index contributed by atoms with van der Waals surface area (Å²) in [5, 5.41) is 6.04. The maximum absolute atomic E-state index is 13.2. The van der Waals surface area contributed by atoms with Gasteiger partial charge in [0.2, 0.25) is 0 Å². The van der Waals surface area contributed by atoms with E-state index in [1.54, 1.807) is 12.1 Å². The Hall–Kier alpha value is -3.49. The van der Waals surface area contributed by atoms with Gasteiger partial charge in [0, 0.05) is 50.6 Å². The Morgan fingerprint density at radius 2 is 1.71 bits per heavy atom. The highest BCUT2D eigenvalue weighted by atomic mass is 19.1. The molecule has 0 radical (unpaired) electrons. The van der Waals surface area contributed by atoms with E-state index in [-0.39, 0.29) is 17.4 Å². The maximum atomic E-state index is 13.2. The fraction of sp³-hybridized carbons (Fsp3) is 0.308. The van der Waals surface area contributed by atoms with Crippen molar-refractivity contribution in [2.75, 3.05) is 43.9 Å². The van der Waals surface area contributed by atoms with Gasteiger partial charge in [-0.25, -0.2) is 4.39 Å². The van der Waals surface area contributed by atoms with Crippen LogP contribution in [0.25, 0.3) is 0 Å². The van der Waals surface area contributed by atoms with Gasteiger partial charge in [0.1, 0.15) is 11.4 Å². The number of anilines is 2. The Morgan fingerprint density at radius 3 is 2.38 bits per heavy atom. The number of nitrogens with zero attached hydrogens (tertiary/aromatic N) is 2. The van der Waals surface area contributed by atoms with Gasteiger partial charge in [-0.05, 0) is 55.4 Å². The maximum Gasteiger partial charge on any atom is 0.261 e. The molecule has 3 N–H and O–H groups in total. The summed E-state index contributed by atoms with van der Waals surface area (Å²) in [6, 6.07) is 15.3. The van der Waals surface area contributed by atoms with Gasteiger partial charge in [0.25, 0.3) is 11.5 Å². The third-order valence-corrected chi connectivity index (χ3v) is 6.11. The number of hydrogen-bond acceptors (Lipinski definition) is 5. The van der Waals surface area contributed by atoms with E-state index in [0.717, 1.165) is 38.3 Å². The molecular formula is C26H30FN5O2. The highest BCUT2D eigenvalue weighted by Gasteiger charge is 2.15. The number of piperazine rings is 1. The summed E-state index contributed by atoms with van der Waals surface area (Å²) < 4.78 is 13.2. The van der Waals surface area contributed by atoms with Crippen LogP contribution in [0.4, 0.5) is 15.8 Å². The van der Waals surface area contributed by atoms with Crippen molar-refractivity contribution in [3.05, 3.63) is 93.7 Å². The summed E-state index contributed by atoms with van der Waals surface area (Å²) >= 11 is 0. The van der Waals surface area contributed by atoms with Crippen LogP contribution in [0, 0.1) is 5.82 Å². The van der Waals surface area contributed by atoms with E-state index in [1.807, 2.05) is 31.2 Å². The Kier molecular flexibility index (Phi) is 7.40. The summed E-state index contributed by atoms with van der Waals surface area (Å²) in [5.74, 6) is -0.780. The molecule has 1 atom stereocenters. The number of benzene rings is 2. The van der Waals surface area contributed by atoms with Crippen molar-refractivity contribution >= 4 is 17.3 Å². The number of carbonyl (C=O) groups excluding carboxylic acids is 1. The number of hydrogen-bond donors (Lipinski definition) is 3. The number of nitrogens with one attached hydrogen (secondary N) is 3. The van der Waals surface area contributed by atoms with Crippen LogP contribution in [-0.4, -0.2) is 53.9 Å². The van der Waals surface area contributed by atoms with Crippen LogP contribution in [0.15, 0.2) is 65.6 Å². The molecule has 1 amide bonds. The van der Waals surface area contributed by atoms with E-state index in [2.05, 4.69) is 32.5 Å². The Morgan fingerprint density at radius 1 is 1.03 bits per heavy atom. The Bertz CT molecular complexity index is 1170. The molecule has 178 valence electrons. The summed E-state index contributed by atoms with van der Waals surface area (Å²) in [5.41, 5.74) is 2.83. The van der Waals surface area contributed by atoms with Crippen LogP contribution in [-0.2, 0) is 6.54 Å². The van der Waals surface area contributed by atoms with Crippen LogP contribution >= 0.6 is 0 Å². The van der Waals surface area contributed by atoms with Gasteiger partial charge in [0.15, 0.2) is 0 Å². The van der Waals surface area contributed by atoms with Crippen molar-refractivity contribution in [1.29, 1.82) is 0 Å². The number of amides is 1. The number of aromatic nitrogens is 1. The zero-order chi connectivity index (χ0) is 24.1. The summed E-state index contributed by atoms with van der Waals surface area (Å²) in [6.07, 6.45) is 1.52. The molecule has 8 heteroatoms. The number of aromatic amines is 1. The molecule has 1 saturated heterocycles. The number of likely N-dealkylation sites (N-methyl/N-ethyl adjacent to an activating group) is 1. The molecule has 0 saturated carbocycles. The predicted molar refractivity (Wildman–Crippen MR) is 133 cm³/mol. The number of carbonyl (C=O) groups is 1. The molecule has 34 heavy (non-hydrogen) atoms. The molecule has 2 aromatic carbocycles. The summed E-state index contributed by atoms with van der Waals surface area (Å²) in [6.45, 7) is 7.02. The van der Waals surface area contributed by atoms with Gasteiger partial charge in [0.05, 0.1) is 5.69 Å². The molecule has 0 spiro atoms. The average molecular weight is 464 g/mol. The lowest BCUT2D eigenvalue weighted by atomic mass is 10.1. The largest absolute Gasteiger partial charge is 0.377 e. The van der Waals surface area contributed by atoms with Gasteiger partial charge >= 0.3 is 0 Å². The highest BCUT2D eigenvalue weighted by molar-refractivity contribution is 6.04. The van der Waals surface area contributed by atoms with Crippen molar-refractivity contribution in [3.63, 3.8) is 0 Å². The Balaban J connectivity index is 1.38.